The highest BCUT2D eigenvalue weighted by Gasteiger charge is 2.14. The van der Waals surface area contributed by atoms with Gasteiger partial charge in [-0.25, -0.2) is 0 Å². The number of phenols is 2. The monoisotopic (exact) mass is 340 g/mol. The zero-order valence-corrected chi connectivity index (χ0v) is 16.2. The van der Waals surface area contributed by atoms with Crippen LogP contribution in [0.2, 0.25) is 0 Å². The van der Waals surface area contributed by atoms with Gasteiger partial charge in [0.25, 0.3) is 0 Å². The van der Waals surface area contributed by atoms with Crippen LogP contribution in [0.25, 0.3) is 0 Å². The first-order valence-corrected chi connectivity index (χ1v) is 9.59. The van der Waals surface area contributed by atoms with E-state index in [1.807, 2.05) is 26.0 Å². The number of aromatic hydroxyl groups is 2. The molecule has 0 spiro atoms. The Balaban J connectivity index is 2.45. The number of hydrogen-bond donors (Lipinski definition) is 2. The van der Waals surface area contributed by atoms with Crippen molar-refractivity contribution in [2.75, 3.05) is 0 Å². The molecule has 0 aliphatic heterocycles. The van der Waals surface area contributed by atoms with Crippen molar-refractivity contribution in [1.29, 1.82) is 0 Å². The van der Waals surface area contributed by atoms with Gasteiger partial charge in [0.05, 0.1) is 0 Å². The maximum Gasteiger partial charge on any atom is 0.119 e. The number of unbranched alkanes of at least 4 members (excludes halogenated alkanes) is 2. The van der Waals surface area contributed by atoms with Gasteiger partial charge in [0.2, 0.25) is 0 Å². The maximum atomic E-state index is 10.4. The van der Waals surface area contributed by atoms with Gasteiger partial charge in [-0.15, -0.1) is 0 Å². The molecule has 25 heavy (non-hydrogen) atoms. The second-order valence-corrected chi connectivity index (χ2v) is 7.23. The molecule has 2 nitrogen and oxygen atoms in total. The molecule has 0 amide bonds. The Morgan fingerprint density at radius 1 is 0.680 bits per heavy atom. The molecule has 0 atom stereocenters. The third-order valence-corrected chi connectivity index (χ3v) is 4.87. The minimum absolute atomic E-state index is 0.412. The summed E-state index contributed by atoms with van der Waals surface area (Å²) in [5.74, 6) is 0.825. The van der Waals surface area contributed by atoms with Crippen LogP contribution >= 0.6 is 0 Å². The van der Waals surface area contributed by atoms with Crippen molar-refractivity contribution >= 4 is 0 Å². The summed E-state index contributed by atoms with van der Waals surface area (Å²) in [6.07, 6.45) is 6.94. The van der Waals surface area contributed by atoms with Gasteiger partial charge in [-0.05, 0) is 91.5 Å². The average molecular weight is 341 g/mol. The van der Waals surface area contributed by atoms with Gasteiger partial charge < -0.3 is 10.2 Å². The lowest BCUT2D eigenvalue weighted by Crippen LogP contribution is -2.02. The summed E-state index contributed by atoms with van der Waals surface area (Å²) in [4.78, 5) is 0. The van der Waals surface area contributed by atoms with E-state index in [1.54, 1.807) is 0 Å². The van der Waals surface area contributed by atoms with E-state index in [0.717, 1.165) is 67.2 Å². The number of aryl methyl sites for hydroxylation is 2. The van der Waals surface area contributed by atoms with Crippen molar-refractivity contribution < 1.29 is 10.2 Å². The van der Waals surface area contributed by atoms with Crippen LogP contribution < -0.4 is 0 Å². The molecular weight excluding hydrogens is 308 g/mol. The first-order chi connectivity index (χ1) is 12.0. The minimum Gasteiger partial charge on any atom is -0.508 e. The predicted octanol–water partition coefficient (Wildman–Crippen LogP) is 5.99. The molecule has 0 aromatic heterocycles. The number of benzene rings is 2. The molecule has 0 radical (unpaired) electrons. The molecule has 2 aromatic rings. The van der Waals surface area contributed by atoms with Gasteiger partial charge in [0.1, 0.15) is 11.5 Å². The molecule has 2 heteroatoms. The van der Waals surface area contributed by atoms with Crippen LogP contribution in [0.15, 0.2) is 24.3 Å². The Hall–Kier alpha value is -1.96. The largest absolute Gasteiger partial charge is 0.508 e. The minimum atomic E-state index is 0.412. The highest BCUT2D eigenvalue weighted by Crippen LogP contribution is 2.31. The molecule has 0 aliphatic carbocycles. The van der Waals surface area contributed by atoms with Gasteiger partial charge in [0, 0.05) is 0 Å². The van der Waals surface area contributed by atoms with Gasteiger partial charge in [-0.1, -0.05) is 38.8 Å². The lowest BCUT2D eigenvalue weighted by atomic mass is 9.89. The van der Waals surface area contributed by atoms with Crippen molar-refractivity contribution in [3.05, 3.63) is 57.6 Å². The summed E-state index contributed by atoms with van der Waals surface area (Å²) in [7, 11) is 0. The predicted molar refractivity (Wildman–Crippen MR) is 106 cm³/mol. The van der Waals surface area contributed by atoms with E-state index in [9.17, 15) is 10.2 Å². The third kappa shape index (κ3) is 5.01. The van der Waals surface area contributed by atoms with Crippen LogP contribution in [0.1, 0.15) is 72.9 Å². The van der Waals surface area contributed by atoms with Crippen molar-refractivity contribution in [2.24, 2.45) is 0 Å². The molecule has 2 N–H and O–H groups in total. The summed E-state index contributed by atoms with van der Waals surface area (Å²) < 4.78 is 0. The summed E-state index contributed by atoms with van der Waals surface area (Å²) >= 11 is 0. The van der Waals surface area contributed by atoms with Gasteiger partial charge >= 0.3 is 0 Å². The van der Waals surface area contributed by atoms with E-state index in [1.165, 1.54) is 11.1 Å². The first kappa shape index (κ1) is 19.4. The van der Waals surface area contributed by atoms with Crippen molar-refractivity contribution in [3.63, 3.8) is 0 Å². The number of phenolic OH excluding ortho intramolecular Hbond substituents is 2. The van der Waals surface area contributed by atoms with Crippen LogP contribution in [0.5, 0.6) is 11.5 Å². The quantitative estimate of drug-likeness (QED) is 0.619. The van der Waals surface area contributed by atoms with E-state index < -0.39 is 0 Å². The van der Waals surface area contributed by atoms with Crippen LogP contribution in [-0.4, -0.2) is 10.2 Å². The molecular formula is C23H32O2. The van der Waals surface area contributed by atoms with Crippen LogP contribution in [0.3, 0.4) is 0 Å². The lowest BCUT2D eigenvalue weighted by molar-refractivity contribution is 0.464. The molecule has 2 aromatic carbocycles. The van der Waals surface area contributed by atoms with Crippen LogP contribution in [0.4, 0.5) is 0 Å². The van der Waals surface area contributed by atoms with Gasteiger partial charge in [-0.2, -0.15) is 0 Å². The van der Waals surface area contributed by atoms with E-state index in [2.05, 4.69) is 26.0 Å². The summed E-state index contributed by atoms with van der Waals surface area (Å²) in [6.45, 7) is 8.40. The normalized spacial score (nSPS) is 11.0. The smallest absolute Gasteiger partial charge is 0.119 e. The molecule has 2 rings (SSSR count). The lowest BCUT2D eigenvalue weighted by Gasteiger charge is -2.17. The van der Waals surface area contributed by atoms with Gasteiger partial charge in [-0.3, -0.25) is 0 Å². The fourth-order valence-electron chi connectivity index (χ4n) is 3.55. The zero-order chi connectivity index (χ0) is 18.4. The molecule has 0 saturated heterocycles. The summed E-state index contributed by atoms with van der Waals surface area (Å²) in [5.41, 5.74) is 6.67. The molecule has 0 fully saturated rings. The van der Waals surface area contributed by atoms with E-state index in [-0.39, 0.29) is 0 Å². The second kappa shape index (κ2) is 8.94. The molecule has 0 aliphatic rings. The van der Waals surface area contributed by atoms with E-state index in [4.69, 9.17) is 0 Å². The highest BCUT2D eigenvalue weighted by molar-refractivity contribution is 5.49. The summed E-state index contributed by atoms with van der Waals surface area (Å²) in [5, 5.41) is 20.9. The topological polar surface area (TPSA) is 40.5 Å². The number of rotatable bonds is 8. The Bertz CT molecular complexity index is 655. The maximum absolute atomic E-state index is 10.4. The number of hydrogen-bond acceptors (Lipinski definition) is 2. The van der Waals surface area contributed by atoms with Gasteiger partial charge in [0.15, 0.2) is 0 Å². The second-order valence-electron chi connectivity index (χ2n) is 7.23. The van der Waals surface area contributed by atoms with Crippen LogP contribution in [-0.2, 0) is 19.3 Å². The highest BCUT2D eigenvalue weighted by atomic mass is 16.3. The van der Waals surface area contributed by atoms with E-state index in [0.29, 0.717) is 11.5 Å². The Morgan fingerprint density at radius 2 is 1.08 bits per heavy atom. The fraction of sp³-hybridized carbons (Fsp3) is 0.478. The van der Waals surface area contributed by atoms with Crippen molar-refractivity contribution in [2.45, 2.75) is 72.6 Å². The third-order valence-electron chi connectivity index (χ3n) is 4.87. The molecule has 0 bridgehead atoms. The van der Waals surface area contributed by atoms with E-state index >= 15 is 0 Å². The SMILES string of the molecule is CCCCc1c(O)cc(C)cc1Cc1cc(C)cc(O)c1CCCC. The fourth-order valence-corrected chi connectivity index (χ4v) is 3.55. The van der Waals surface area contributed by atoms with Crippen molar-refractivity contribution in [1.82, 2.24) is 0 Å². The molecule has 136 valence electrons. The Morgan fingerprint density at radius 3 is 1.44 bits per heavy atom. The van der Waals surface area contributed by atoms with Crippen molar-refractivity contribution in [3.8, 4) is 11.5 Å². The summed E-state index contributed by atoms with van der Waals surface area (Å²) in [6, 6.07) is 8.10. The molecule has 0 heterocycles. The zero-order valence-electron chi connectivity index (χ0n) is 16.2. The molecule has 0 unspecified atom stereocenters. The average Bonchev–Trinajstić information content (AvgIpc) is 2.53. The molecule has 0 saturated carbocycles. The Labute approximate surface area is 152 Å². The first-order valence-electron chi connectivity index (χ1n) is 9.59. The standard InChI is InChI=1S/C23H32O2/c1-5-7-9-20-18(11-16(3)13-22(20)24)15-19-12-17(4)14-23(25)21(19)10-8-6-2/h11-14,24-25H,5-10,15H2,1-4H3. The Kier molecular flexibility index (Phi) is 6.92. The van der Waals surface area contributed by atoms with Crippen LogP contribution in [0, 0.1) is 13.8 Å².